The Kier molecular flexibility index (Phi) is 11.0. The average Bonchev–Trinajstić information content (AvgIpc) is 2.91. The van der Waals surface area contributed by atoms with E-state index >= 15 is 0 Å². The summed E-state index contributed by atoms with van der Waals surface area (Å²) in [7, 11) is -3.88. The molecule has 2 atom stereocenters. The van der Waals surface area contributed by atoms with Crippen LogP contribution in [0.4, 0.5) is 5.69 Å². The number of anilines is 1. The molecule has 0 aromatic heterocycles. The van der Waals surface area contributed by atoms with Crippen LogP contribution in [0.15, 0.2) is 72.8 Å². The van der Waals surface area contributed by atoms with Crippen LogP contribution in [0.2, 0.25) is 10.0 Å². The number of nitrogens with zero attached hydrogens (tertiary/aromatic N) is 2. The molecule has 0 saturated carbocycles. The average molecular weight is 605 g/mol. The number of hydrogen-bond donors (Lipinski definition) is 1. The highest BCUT2D eigenvalue weighted by molar-refractivity contribution is 7.92. The summed E-state index contributed by atoms with van der Waals surface area (Å²) >= 11 is 12.8. The lowest BCUT2D eigenvalue weighted by atomic mass is 10.0. The van der Waals surface area contributed by atoms with Crippen LogP contribution in [0, 0.1) is 6.92 Å². The zero-order valence-corrected chi connectivity index (χ0v) is 25.4. The lowest BCUT2D eigenvalue weighted by Crippen LogP contribution is -2.54. The normalized spacial score (nSPS) is 12.8. The molecule has 0 fully saturated rings. The third-order valence-corrected chi connectivity index (χ3v) is 8.61. The molecular weight excluding hydrogens is 569 g/mol. The molecule has 3 aromatic rings. The van der Waals surface area contributed by atoms with Crippen molar-refractivity contribution in [2.45, 2.75) is 52.2 Å². The molecule has 3 aromatic carbocycles. The first-order valence-corrected chi connectivity index (χ1v) is 15.6. The van der Waals surface area contributed by atoms with E-state index in [1.54, 1.807) is 43.3 Å². The van der Waals surface area contributed by atoms with Gasteiger partial charge < -0.3 is 10.2 Å². The lowest BCUT2D eigenvalue weighted by Gasteiger charge is -2.34. The molecule has 0 unspecified atom stereocenters. The highest BCUT2D eigenvalue weighted by Crippen LogP contribution is 2.26. The third-order valence-electron chi connectivity index (χ3n) is 6.69. The van der Waals surface area contributed by atoms with Gasteiger partial charge in [0.15, 0.2) is 0 Å². The summed E-state index contributed by atoms with van der Waals surface area (Å²) < 4.78 is 26.8. The predicted octanol–water partition coefficient (Wildman–Crippen LogP) is 5.62. The van der Waals surface area contributed by atoms with Crippen molar-refractivity contribution < 1.29 is 18.0 Å². The molecule has 0 radical (unpaired) electrons. The maximum Gasteiger partial charge on any atom is 0.244 e. The number of hydrogen-bond acceptors (Lipinski definition) is 4. The molecule has 40 heavy (non-hydrogen) atoms. The van der Waals surface area contributed by atoms with Crippen molar-refractivity contribution in [3.05, 3.63) is 99.5 Å². The number of rotatable bonds is 12. The van der Waals surface area contributed by atoms with Crippen molar-refractivity contribution in [1.82, 2.24) is 10.2 Å². The van der Waals surface area contributed by atoms with Gasteiger partial charge in [-0.3, -0.25) is 13.9 Å². The van der Waals surface area contributed by atoms with Crippen LogP contribution in [0.25, 0.3) is 0 Å². The molecule has 0 spiro atoms. The SMILES string of the molecule is CC[C@@H](C)NC(=O)[C@@H](Cc1ccccc1)N(Cc1ccccc1Cl)C(=O)CN(c1ccc(C)c(Cl)c1)S(C)(=O)=O. The summed E-state index contributed by atoms with van der Waals surface area (Å²) in [4.78, 5) is 29.2. The standard InChI is InChI=1S/C30H35Cl2N3O4S/c1-5-22(3)33-30(37)28(17-23-11-7-6-8-12-23)34(19-24-13-9-10-14-26(24)31)29(36)20-35(40(4,38)39)25-16-15-21(2)27(32)18-25/h6-16,18,22,28H,5,17,19-20H2,1-4H3,(H,33,37)/t22-,28-/m1/s1. The van der Waals surface area contributed by atoms with E-state index in [4.69, 9.17) is 23.2 Å². The second-order valence-corrected chi connectivity index (χ2v) is 12.6. The molecule has 7 nitrogen and oxygen atoms in total. The van der Waals surface area contributed by atoms with Crippen LogP contribution in [0.3, 0.4) is 0 Å². The molecule has 0 saturated heterocycles. The van der Waals surface area contributed by atoms with Crippen LogP contribution >= 0.6 is 23.2 Å². The number of aryl methyl sites for hydroxylation is 1. The smallest absolute Gasteiger partial charge is 0.244 e. The molecule has 10 heteroatoms. The minimum atomic E-state index is -3.88. The second-order valence-electron chi connectivity index (χ2n) is 9.84. The van der Waals surface area contributed by atoms with Crippen molar-refractivity contribution in [1.29, 1.82) is 0 Å². The Bertz CT molecular complexity index is 1430. The van der Waals surface area contributed by atoms with E-state index in [2.05, 4.69) is 5.32 Å². The number of carbonyl (C=O) groups excluding carboxylic acids is 2. The molecular formula is C30H35Cl2N3O4S. The first kappa shape index (κ1) is 31.5. The summed E-state index contributed by atoms with van der Waals surface area (Å²) in [5.41, 5.74) is 2.52. The van der Waals surface area contributed by atoms with Gasteiger partial charge in [0.25, 0.3) is 0 Å². The summed E-state index contributed by atoms with van der Waals surface area (Å²) in [5, 5.41) is 3.81. The molecule has 0 heterocycles. The van der Waals surface area contributed by atoms with E-state index in [0.717, 1.165) is 21.7 Å². The second kappa shape index (κ2) is 14.0. The van der Waals surface area contributed by atoms with Crippen LogP contribution in [0.5, 0.6) is 0 Å². The summed E-state index contributed by atoms with van der Waals surface area (Å²) in [5.74, 6) is -0.884. The molecule has 214 valence electrons. The summed E-state index contributed by atoms with van der Waals surface area (Å²) in [6.45, 7) is 5.14. The van der Waals surface area contributed by atoms with Crippen molar-refractivity contribution in [3.63, 3.8) is 0 Å². The third kappa shape index (κ3) is 8.46. The van der Waals surface area contributed by atoms with E-state index in [0.29, 0.717) is 22.0 Å². The first-order valence-electron chi connectivity index (χ1n) is 13.0. The molecule has 0 aliphatic heterocycles. The highest BCUT2D eigenvalue weighted by atomic mass is 35.5. The van der Waals surface area contributed by atoms with E-state index < -0.39 is 28.5 Å². The van der Waals surface area contributed by atoms with Crippen LogP contribution in [-0.2, 0) is 32.6 Å². The molecule has 2 amide bonds. The Morgan fingerprint density at radius 3 is 2.20 bits per heavy atom. The monoisotopic (exact) mass is 603 g/mol. The Balaban J connectivity index is 2.08. The minimum absolute atomic E-state index is 0.0101. The maximum absolute atomic E-state index is 14.1. The maximum atomic E-state index is 14.1. The molecule has 3 rings (SSSR count). The van der Waals surface area contributed by atoms with Crippen molar-refractivity contribution >= 4 is 50.7 Å². The molecule has 0 aliphatic rings. The quantitative estimate of drug-likeness (QED) is 0.291. The Morgan fingerprint density at radius 2 is 1.60 bits per heavy atom. The zero-order valence-electron chi connectivity index (χ0n) is 23.1. The van der Waals surface area contributed by atoms with Crippen molar-refractivity contribution in [2.24, 2.45) is 0 Å². The van der Waals surface area contributed by atoms with Crippen LogP contribution in [0.1, 0.15) is 37.0 Å². The van der Waals surface area contributed by atoms with Crippen LogP contribution < -0.4 is 9.62 Å². The summed E-state index contributed by atoms with van der Waals surface area (Å²) in [6.07, 6.45) is 1.97. The highest BCUT2D eigenvalue weighted by Gasteiger charge is 2.33. The minimum Gasteiger partial charge on any atom is -0.352 e. The van der Waals surface area contributed by atoms with E-state index in [-0.39, 0.29) is 30.6 Å². The number of benzene rings is 3. The fraction of sp³-hybridized carbons (Fsp3) is 0.333. The number of amides is 2. The fourth-order valence-electron chi connectivity index (χ4n) is 4.16. The van der Waals surface area contributed by atoms with Gasteiger partial charge in [-0.1, -0.05) is 84.7 Å². The van der Waals surface area contributed by atoms with E-state index in [1.165, 1.54) is 11.0 Å². The van der Waals surface area contributed by atoms with Gasteiger partial charge in [-0.15, -0.1) is 0 Å². The first-order chi connectivity index (χ1) is 18.9. The Morgan fingerprint density at radius 1 is 0.950 bits per heavy atom. The Hall–Kier alpha value is -3.07. The lowest BCUT2D eigenvalue weighted by molar-refractivity contribution is -0.140. The summed E-state index contributed by atoms with van der Waals surface area (Å²) in [6, 6.07) is 20.2. The number of halogens is 2. The number of sulfonamides is 1. The molecule has 0 aliphatic carbocycles. The van der Waals surface area contributed by atoms with Gasteiger partial charge in [-0.2, -0.15) is 0 Å². The van der Waals surface area contributed by atoms with Gasteiger partial charge in [0, 0.05) is 29.1 Å². The number of carbonyl (C=O) groups is 2. The van der Waals surface area contributed by atoms with Gasteiger partial charge in [-0.25, -0.2) is 8.42 Å². The van der Waals surface area contributed by atoms with E-state index in [9.17, 15) is 18.0 Å². The van der Waals surface area contributed by atoms with Crippen LogP contribution in [-0.4, -0.2) is 50.0 Å². The van der Waals surface area contributed by atoms with Gasteiger partial charge in [0.05, 0.1) is 11.9 Å². The van der Waals surface area contributed by atoms with Gasteiger partial charge in [0.2, 0.25) is 21.8 Å². The molecule has 1 N–H and O–H groups in total. The largest absolute Gasteiger partial charge is 0.352 e. The van der Waals surface area contributed by atoms with Gasteiger partial charge in [0.1, 0.15) is 12.6 Å². The predicted molar refractivity (Wildman–Crippen MR) is 162 cm³/mol. The van der Waals surface area contributed by atoms with Crippen molar-refractivity contribution in [3.8, 4) is 0 Å². The topological polar surface area (TPSA) is 86.8 Å². The zero-order chi connectivity index (χ0) is 29.4. The fourth-order valence-corrected chi connectivity index (χ4v) is 5.37. The van der Waals surface area contributed by atoms with E-state index in [1.807, 2.05) is 44.2 Å². The van der Waals surface area contributed by atoms with Crippen molar-refractivity contribution in [2.75, 3.05) is 17.1 Å². The molecule has 0 bridgehead atoms. The van der Waals surface area contributed by atoms with Gasteiger partial charge in [-0.05, 0) is 55.2 Å². The Labute approximate surface area is 247 Å². The van der Waals surface area contributed by atoms with Gasteiger partial charge >= 0.3 is 0 Å². The number of nitrogens with one attached hydrogen (secondary N) is 1.